The molecule has 1 aromatic heterocycles. The van der Waals surface area contributed by atoms with Crippen molar-refractivity contribution in [1.82, 2.24) is 15.6 Å². The van der Waals surface area contributed by atoms with Crippen molar-refractivity contribution >= 4 is 11.8 Å². The summed E-state index contributed by atoms with van der Waals surface area (Å²) in [6.07, 6.45) is 2.18. The second-order valence-electron chi connectivity index (χ2n) is 4.83. The lowest BCUT2D eigenvalue weighted by atomic mass is 10.2. The highest BCUT2D eigenvalue weighted by molar-refractivity contribution is 5.79. The zero-order valence-corrected chi connectivity index (χ0v) is 12.4. The summed E-state index contributed by atoms with van der Waals surface area (Å²) in [6, 6.07) is 4.16. The van der Waals surface area contributed by atoms with Gasteiger partial charge in [-0.2, -0.15) is 0 Å². The van der Waals surface area contributed by atoms with E-state index in [2.05, 4.69) is 44.6 Å². The van der Waals surface area contributed by atoms with Gasteiger partial charge in [0, 0.05) is 39.9 Å². The van der Waals surface area contributed by atoms with E-state index < -0.39 is 0 Å². The number of rotatable bonds is 3. The Morgan fingerprint density at radius 2 is 2.40 bits per heavy atom. The van der Waals surface area contributed by atoms with Gasteiger partial charge in [-0.15, -0.1) is 0 Å². The minimum atomic E-state index is 0.269. The summed E-state index contributed by atoms with van der Waals surface area (Å²) in [5.74, 6) is 1.79. The Hall–Kier alpha value is -1.82. The molecule has 1 saturated heterocycles. The molecule has 2 rings (SSSR count). The number of ether oxygens (including phenoxy) is 1. The minimum absolute atomic E-state index is 0.269. The third kappa shape index (κ3) is 3.84. The van der Waals surface area contributed by atoms with E-state index in [1.54, 1.807) is 7.05 Å². The molecule has 2 heterocycles. The molecule has 110 valence electrons. The van der Waals surface area contributed by atoms with Gasteiger partial charge in [0.05, 0.1) is 12.7 Å². The molecule has 20 heavy (non-hydrogen) atoms. The number of anilines is 1. The molecule has 0 radical (unpaired) electrons. The van der Waals surface area contributed by atoms with Crippen LogP contribution in [0.4, 0.5) is 5.82 Å². The van der Waals surface area contributed by atoms with Crippen LogP contribution in [0.15, 0.2) is 23.3 Å². The first kappa shape index (κ1) is 14.6. The molecule has 0 saturated carbocycles. The van der Waals surface area contributed by atoms with Crippen LogP contribution in [-0.4, -0.2) is 50.8 Å². The van der Waals surface area contributed by atoms with E-state index >= 15 is 0 Å². The lowest BCUT2D eigenvalue weighted by Crippen LogP contribution is -2.41. The number of hydrogen-bond acceptors (Lipinski definition) is 4. The Balaban J connectivity index is 1.92. The fourth-order valence-corrected chi connectivity index (χ4v) is 2.20. The Kier molecular flexibility index (Phi) is 5.17. The molecule has 1 aromatic rings. The van der Waals surface area contributed by atoms with Crippen molar-refractivity contribution < 1.29 is 4.74 Å². The maximum absolute atomic E-state index is 5.54. The number of aliphatic imine (C=N–C) groups is 1. The van der Waals surface area contributed by atoms with Crippen LogP contribution in [0.2, 0.25) is 0 Å². The molecule has 6 nitrogen and oxygen atoms in total. The number of pyridine rings is 1. The molecular weight excluding hydrogens is 254 g/mol. The number of aromatic nitrogens is 1. The average molecular weight is 277 g/mol. The van der Waals surface area contributed by atoms with E-state index in [1.165, 1.54) is 0 Å². The van der Waals surface area contributed by atoms with Crippen molar-refractivity contribution in [3.05, 3.63) is 23.9 Å². The maximum atomic E-state index is 5.54. The molecule has 0 amide bonds. The van der Waals surface area contributed by atoms with Crippen molar-refractivity contribution in [3.63, 3.8) is 0 Å². The number of morpholine rings is 1. The van der Waals surface area contributed by atoms with Gasteiger partial charge in [-0.1, -0.05) is 6.07 Å². The molecule has 1 aliphatic heterocycles. The van der Waals surface area contributed by atoms with Crippen LogP contribution < -0.4 is 15.5 Å². The highest BCUT2D eigenvalue weighted by Crippen LogP contribution is 2.15. The summed E-state index contributed by atoms with van der Waals surface area (Å²) in [5, 5.41) is 6.19. The summed E-state index contributed by atoms with van der Waals surface area (Å²) < 4.78 is 5.54. The third-order valence-electron chi connectivity index (χ3n) is 3.29. The Morgan fingerprint density at radius 3 is 3.00 bits per heavy atom. The predicted molar refractivity (Wildman–Crippen MR) is 81.1 cm³/mol. The van der Waals surface area contributed by atoms with Crippen LogP contribution >= 0.6 is 0 Å². The molecule has 0 aromatic carbocycles. The highest BCUT2D eigenvalue weighted by atomic mass is 16.5. The zero-order chi connectivity index (χ0) is 14.4. The quantitative estimate of drug-likeness (QED) is 0.626. The highest BCUT2D eigenvalue weighted by Gasteiger charge is 2.17. The smallest absolute Gasteiger partial charge is 0.190 e. The summed E-state index contributed by atoms with van der Waals surface area (Å²) in [7, 11) is 3.59. The van der Waals surface area contributed by atoms with E-state index in [-0.39, 0.29) is 6.10 Å². The predicted octanol–water partition coefficient (Wildman–Crippen LogP) is 0.602. The number of nitrogens with one attached hydrogen (secondary N) is 2. The van der Waals surface area contributed by atoms with E-state index in [1.807, 2.05) is 13.2 Å². The van der Waals surface area contributed by atoms with E-state index in [4.69, 9.17) is 4.74 Å². The molecule has 1 atom stereocenters. The molecule has 0 aliphatic carbocycles. The summed E-state index contributed by atoms with van der Waals surface area (Å²) in [6.45, 7) is 5.37. The first-order chi connectivity index (χ1) is 9.72. The van der Waals surface area contributed by atoms with Crippen molar-refractivity contribution in [2.45, 2.75) is 19.6 Å². The van der Waals surface area contributed by atoms with Gasteiger partial charge in [0.15, 0.2) is 5.96 Å². The zero-order valence-electron chi connectivity index (χ0n) is 12.4. The van der Waals surface area contributed by atoms with Crippen molar-refractivity contribution in [2.75, 3.05) is 38.7 Å². The fourth-order valence-electron chi connectivity index (χ4n) is 2.20. The van der Waals surface area contributed by atoms with Crippen LogP contribution in [-0.2, 0) is 11.3 Å². The van der Waals surface area contributed by atoms with Gasteiger partial charge in [0.2, 0.25) is 0 Å². The van der Waals surface area contributed by atoms with Gasteiger partial charge in [0.1, 0.15) is 5.82 Å². The normalized spacial score (nSPS) is 19.9. The maximum Gasteiger partial charge on any atom is 0.190 e. The summed E-state index contributed by atoms with van der Waals surface area (Å²) >= 11 is 0. The van der Waals surface area contributed by atoms with Crippen molar-refractivity contribution in [2.24, 2.45) is 4.99 Å². The second kappa shape index (κ2) is 7.09. The van der Waals surface area contributed by atoms with Crippen LogP contribution in [0.5, 0.6) is 0 Å². The molecule has 6 heteroatoms. The van der Waals surface area contributed by atoms with Gasteiger partial charge < -0.3 is 20.3 Å². The lowest BCUT2D eigenvalue weighted by Gasteiger charge is -2.32. The van der Waals surface area contributed by atoms with Crippen LogP contribution in [0.25, 0.3) is 0 Å². The summed E-state index contributed by atoms with van der Waals surface area (Å²) in [5.41, 5.74) is 1.13. The van der Waals surface area contributed by atoms with Gasteiger partial charge in [-0.3, -0.25) is 4.99 Å². The van der Waals surface area contributed by atoms with Gasteiger partial charge >= 0.3 is 0 Å². The second-order valence-corrected chi connectivity index (χ2v) is 4.83. The van der Waals surface area contributed by atoms with Crippen LogP contribution in [0.1, 0.15) is 12.5 Å². The average Bonchev–Trinajstić information content (AvgIpc) is 2.49. The standard InChI is InChI=1S/C14H23N5O/c1-11-10-19(6-7-20-11)13-5-4-12(8-17-13)9-18-14(15-2)16-3/h4-5,8,11H,6-7,9-10H2,1-3H3,(H2,15,16,18)/t11-/m1/s1. The Bertz CT molecular complexity index is 445. The van der Waals surface area contributed by atoms with Gasteiger partial charge in [-0.25, -0.2) is 4.98 Å². The first-order valence-electron chi connectivity index (χ1n) is 6.93. The molecule has 1 aliphatic rings. The topological polar surface area (TPSA) is 61.8 Å². The SMILES string of the molecule is CN=C(NC)NCc1ccc(N2CCO[C@H](C)C2)nc1. The third-order valence-corrected chi connectivity index (χ3v) is 3.29. The molecule has 0 spiro atoms. The Morgan fingerprint density at radius 1 is 1.55 bits per heavy atom. The van der Waals surface area contributed by atoms with E-state index in [0.29, 0.717) is 6.54 Å². The fraction of sp³-hybridized carbons (Fsp3) is 0.571. The minimum Gasteiger partial charge on any atom is -0.375 e. The monoisotopic (exact) mass is 277 g/mol. The number of guanidine groups is 1. The Labute approximate surface area is 120 Å². The van der Waals surface area contributed by atoms with Crippen molar-refractivity contribution in [1.29, 1.82) is 0 Å². The van der Waals surface area contributed by atoms with Gasteiger partial charge in [0.25, 0.3) is 0 Å². The molecular formula is C14H23N5O. The van der Waals surface area contributed by atoms with Gasteiger partial charge in [-0.05, 0) is 18.6 Å². The lowest BCUT2D eigenvalue weighted by molar-refractivity contribution is 0.0529. The van der Waals surface area contributed by atoms with Crippen molar-refractivity contribution in [3.8, 4) is 0 Å². The number of hydrogen-bond donors (Lipinski definition) is 2. The summed E-state index contributed by atoms with van der Waals surface area (Å²) in [4.78, 5) is 10.9. The largest absolute Gasteiger partial charge is 0.375 e. The molecule has 1 fully saturated rings. The van der Waals surface area contributed by atoms with E-state index in [0.717, 1.165) is 37.0 Å². The number of nitrogens with zero attached hydrogens (tertiary/aromatic N) is 3. The van der Waals surface area contributed by atoms with Crippen LogP contribution in [0, 0.1) is 0 Å². The molecule has 2 N–H and O–H groups in total. The molecule has 0 bridgehead atoms. The first-order valence-corrected chi connectivity index (χ1v) is 6.93. The van der Waals surface area contributed by atoms with Crippen LogP contribution in [0.3, 0.4) is 0 Å². The van der Waals surface area contributed by atoms with E-state index in [9.17, 15) is 0 Å². The molecule has 0 unspecified atom stereocenters.